The SMILES string of the molecule is CCOC(=O)C[C@H](NC(=O)C(CC(C)C)n1cc(CCN2CCC2)c(C(F)(F)F)cc1=O)c1c(F)c(C)cc(-c2c(C)cc(C)c(F)c2C)c1F.Cc1cc(C)c(-c2cc(C)c(F)c([C@H](CC(=O)O)NC(=O)C(CC(C)C)n3cc(CCN4CCC4)c(C(F)(F)F)cc3=O)c2F)c(C)c1F.S.S.[Li+].[OH-]. The molecule has 0 aliphatic carbocycles. The molecule has 8 rings (SSSR count). The maximum absolute atomic E-state index is 16.7. The Hall–Kier alpha value is -7.00. The number of benzene rings is 4. The van der Waals surface area contributed by atoms with Crippen molar-refractivity contribution < 1.29 is 106 Å². The van der Waals surface area contributed by atoms with Crippen molar-refractivity contribution in [1.29, 1.82) is 0 Å². The molecule has 568 valence electrons. The molecule has 30 heteroatoms. The summed E-state index contributed by atoms with van der Waals surface area (Å²) in [6, 6.07) is 0.0411. The summed E-state index contributed by atoms with van der Waals surface area (Å²) in [4.78, 5) is 83.4. The molecule has 2 aliphatic heterocycles. The van der Waals surface area contributed by atoms with E-state index in [2.05, 4.69) is 10.6 Å². The second kappa shape index (κ2) is 38.0. The molecule has 4 heterocycles. The molecule has 0 saturated carbocycles. The largest absolute Gasteiger partial charge is 1.00 e. The molecule has 4 aromatic carbocycles. The molecule has 2 aliphatic rings. The van der Waals surface area contributed by atoms with Gasteiger partial charge in [-0.1, -0.05) is 39.8 Å². The first kappa shape index (κ1) is 91.2. The Bertz CT molecular complexity index is 4220. The number of carbonyl (C=O) groups excluding carboxylic acids is 3. The van der Waals surface area contributed by atoms with Gasteiger partial charge in [0.2, 0.25) is 11.8 Å². The summed E-state index contributed by atoms with van der Waals surface area (Å²) in [5.41, 5.74) is -4.53. The second-order valence-corrected chi connectivity index (χ2v) is 27.0. The van der Waals surface area contributed by atoms with Crippen LogP contribution in [0.5, 0.6) is 0 Å². The van der Waals surface area contributed by atoms with E-state index in [9.17, 15) is 64.6 Å². The summed E-state index contributed by atoms with van der Waals surface area (Å²) < 4.78 is 186. The number of ether oxygens (including phenoxy) is 1. The van der Waals surface area contributed by atoms with Gasteiger partial charge in [0.1, 0.15) is 47.0 Å². The molecule has 2 unspecified atom stereocenters. The molecule has 0 radical (unpaired) electrons. The van der Waals surface area contributed by atoms with Crippen LogP contribution in [0, 0.1) is 102 Å². The van der Waals surface area contributed by atoms with Crippen LogP contribution in [0.15, 0.2) is 58.4 Å². The Labute approximate surface area is 623 Å². The fraction of sp³-hybridized carbons (Fsp3) is 0.486. The minimum Gasteiger partial charge on any atom is -0.870 e. The van der Waals surface area contributed by atoms with Crippen LogP contribution in [0.1, 0.15) is 175 Å². The van der Waals surface area contributed by atoms with Crippen LogP contribution < -0.4 is 40.6 Å². The molecule has 2 amide bonds. The van der Waals surface area contributed by atoms with Gasteiger partial charge in [-0.15, -0.1) is 0 Å². The Balaban J connectivity index is 0.000000521. The number of aromatic nitrogens is 2. The number of nitrogens with zero attached hydrogens (tertiary/aromatic N) is 4. The number of hydrogen-bond acceptors (Lipinski definition) is 10. The molecule has 15 nitrogen and oxygen atoms in total. The van der Waals surface area contributed by atoms with Crippen molar-refractivity contribution in [3.05, 3.63) is 182 Å². The predicted molar refractivity (Wildman–Crippen MR) is 377 cm³/mol. The van der Waals surface area contributed by atoms with Crippen LogP contribution in [0.3, 0.4) is 0 Å². The van der Waals surface area contributed by atoms with E-state index in [1.54, 1.807) is 55.4 Å². The number of hydrogen-bond donors (Lipinski definition) is 3. The normalized spacial score (nSPS) is 14.2. The van der Waals surface area contributed by atoms with E-state index in [1.165, 1.54) is 58.9 Å². The van der Waals surface area contributed by atoms with Crippen LogP contribution in [0.2, 0.25) is 0 Å². The van der Waals surface area contributed by atoms with Gasteiger partial charge in [-0.2, -0.15) is 53.3 Å². The number of nitrogens with one attached hydrogen (secondary N) is 2. The number of likely N-dealkylation sites (tertiary alicyclic amines) is 2. The zero-order chi connectivity index (χ0) is 74.5. The van der Waals surface area contributed by atoms with E-state index in [0.29, 0.717) is 47.5 Å². The standard InChI is InChI=1S/C38H45F6N3O4.C36H41F6N3O4.Li.H2O.2H2S/c1-8-51-31(49)18-28(33-35(40)23(6)16-26(36(33)41)32-21(4)15-22(5)34(39)24(32)7)45-37(50)29(14-20(2)3)47-19-25(10-13-46-11-9-12-46)27(17-30(47)48)38(42,43)44;1-18(2)12-27(45-17-23(8-11-44-9-7-10-44)25(15-28(45)46)36(40,41)42)35(49)43-26(16-29(47)48)31-33(38)21(5)14-24(34(31)39)30-19(3)13-20(4)32(37)22(30)6;;;;/h15-17,19-20,28-29H,8-14,18H2,1-7H3,(H,45,50);13-15,17-18,26-27H,7-12,16H2,1-6H3,(H,43,49)(H,47,48);;3*1H2/q;;+1;;;/p-1/t28-,29?;26-,27?;;;;/m00..../s1. The number of carboxylic acids is 1. The van der Waals surface area contributed by atoms with Crippen molar-refractivity contribution in [3.8, 4) is 22.3 Å². The molecule has 4 N–H and O–H groups in total. The maximum Gasteiger partial charge on any atom is 1.00 e. The predicted octanol–water partition coefficient (Wildman–Crippen LogP) is 12.2. The molecule has 0 spiro atoms. The number of aliphatic carboxylic acids is 1. The van der Waals surface area contributed by atoms with Crippen molar-refractivity contribution in [1.82, 2.24) is 29.6 Å². The second-order valence-electron chi connectivity index (χ2n) is 27.0. The number of carbonyl (C=O) groups is 4. The summed E-state index contributed by atoms with van der Waals surface area (Å²) in [5, 5.41) is 14.7. The van der Waals surface area contributed by atoms with E-state index in [4.69, 9.17) is 4.74 Å². The van der Waals surface area contributed by atoms with Crippen LogP contribution >= 0.6 is 27.0 Å². The number of carboxylic acid groups (broad SMARTS) is 1. The molecule has 2 aromatic heterocycles. The average molecular weight is 1510 g/mol. The van der Waals surface area contributed by atoms with Gasteiger partial charge in [0.05, 0.1) is 42.7 Å². The van der Waals surface area contributed by atoms with Crippen LogP contribution in [-0.4, -0.2) is 99.1 Å². The van der Waals surface area contributed by atoms with Crippen molar-refractivity contribution in [2.45, 2.75) is 178 Å². The van der Waals surface area contributed by atoms with Gasteiger partial charge in [-0.05, 0) is 218 Å². The molecule has 4 atom stereocenters. The van der Waals surface area contributed by atoms with Gasteiger partial charge in [-0.25, -0.2) is 26.3 Å². The van der Waals surface area contributed by atoms with Crippen LogP contribution in [0.4, 0.5) is 52.7 Å². The third-order valence-corrected chi connectivity index (χ3v) is 18.4. The fourth-order valence-electron chi connectivity index (χ4n) is 13.2. The topological polar surface area (TPSA) is 202 Å². The average Bonchev–Trinajstić information content (AvgIpc) is 0.767. The number of pyridine rings is 2. The minimum atomic E-state index is -4.83. The molecule has 6 aromatic rings. The van der Waals surface area contributed by atoms with Gasteiger partial charge in [0, 0.05) is 59.9 Å². The summed E-state index contributed by atoms with van der Waals surface area (Å²) in [7, 11) is 0. The Morgan fingerprint density at radius 2 is 0.856 bits per heavy atom. The summed E-state index contributed by atoms with van der Waals surface area (Å²) in [6.45, 7) is 23.9. The first-order valence-corrected chi connectivity index (χ1v) is 33.2. The third-order valence-electron chi connectivity index (χ3n) is 18.4. The Morgan fingerprint density at radius 3 is 1.15 bits per heavy atom. The summed E-state index contributed by atoms with van der Waals surface area (Å²) in [6.07, 6.45) is -7.61. The Kier molecular flexibility index (Phi) is 33.3. The van der Waals surface area contributed by atoms with Crippen LogP contribution in [-0.2, 0) is 49.1 Å². The van der Waals surface area contributed by atoms with Gasteiger partial charge < -0.3 is 44.9 Å². The molecular weight excluding hydrogens is 1420 g/mol. The maximum atomic E-state index is 16.7. The van der Waals surface area contributed by atoms with E-state index < -0.39 is 141 Å². The zero-order valence-electron chi connectivity index (χ0n) is 60.8. The van der Waals surface area contributed by atoms with E-state index in [1.807, 2.05) is 9.80 Å². The van der Waals surface area contributed by atoms with Gasteiger partial charge in [0.15, 0.2) is 0 Å². The van der Waals surface area contributed by atoms with E-state index in [-0.39, 0.29) is 151 Å². The molecule has 2 fully saturated rings. The van der Waals surface area contributed by atoms with Gasteiger partial charge >= 0.3 is 43.2 Å². The molecule has 0 bridgehead atoms. The summed E-state index contributed by atoms with van der Waals surface area (Å²) >= 11 is 0. The first-order valence-electron chi connectivity index (χ1n) is 33.2. The molecular formula is C74H91F12LiN6O9S2. The number of amides is 2. The van der Waals surface area contributed by atoms with E-state index in [0.717, 1.165) is 60.5 Å². The summed E-state index contributed by atoms with van der Waals surface area (Å²) in [5.74, 6) is -10.6. The molecule has 104 heavy (non-hydrogen) atoms. The third kappa shape index (κ3) is 21.4. The smallest absolute Gasteiger partial charge is 0.870 e. The monoisotopic (exact) mass is 1510 g/mol. The van der Waals surface area contributed by atoms with Gasteiger partial charge in [-0.3, -0.25) is 28.8 Å². The Morgan fingerprint density at radius 1 is 0.519 bits per heavy atom. The number of aryl methyl sites for hydroxylation is 6. The van der Waals surface area contributed by atoms with Crippen LogP contribution in [0.25, 0.3) is 22.3 Å². The fourth-order valence-corrected chi connectivity index (χ4v) is 13.2. The number of rotatable bonds is 25. The van der Waals surface area contributed by atoms with Crippen molar-refractivity contribution in [2.24, 2.45) is 11.8 Å². The van der Waals surface area contributed by atoms with Crippen molar-refractivity contribution in [3.63, 3.8) is 0 Å². The quantitative estimate of drug-likeness (QED) is 0.0280. The first-order chi connectivity index (χ1) is 46.7. The van der Waals surface area contributed by atoms with E-state index >= 15 is 22.0 Å². The van der Waals surface area contributed by atoms with Gasteiger partial charge in [0.25, 0.3) is 11.1 Å². The number of esters is 1. The van der Waals surface area contributed by atoms with Crippen molar-refractivity contribution >= 4 is 50.7 Å². The zero-order valence-corrected chi connectivity index (χ0v) is 62.8. The van der Waals surface area contributed by atoms with Crippen molar-refractivity contribution in [2.75, 3.05) is 45.9 Å². The number of halogens is 12. The minimum absolute atomic E-state index is 0. The number of alkyl halides is 6. The molecule has 2 saturated heterocycles.